The second-order valence-electron chi connectivity index (χ2n) is 8.40. The summed E-state index contributed by atoms with van der Waals surface area (Å²) in [6.07, 6.45) is -0.859. The van der Waals surface area contributed by atoms with Gasteiger partial charge in [-0.3, -0.25) is 9.59 Å². The van der Waals surface area contributed by atoms with E-state index in [2.05, 4.69) is 4.98 Å². The molecule has 5 rings (SSSR count). The molecule has 0 saturated carbocycles. The zero-order valence-corrected chi connectivity index (χ0v) is 17.2. The predicted molar refractivity (Wildman–Crippen MR) is 112 cm³/mol. The largest absolute Gasteiger partial charge is 0.486 e. The fraction of sp³-hybridized carbons (Fsp3) is 0.333. The molecule has 0 unspecified atom stereocenters. The number of nitrogens with one attached hydrogen (secondary N) is 1. The number of fused-ring (bicyclic) bond motifs is 2. The molecule has 0 aliphatic carbocycles. The molecule has 1 N–H and O–H groups in total. The van der Waals surface area contributed by atoms with Gasteiger partial charge in [-0.2, -0.15) is 13.2 Å². The van der Waals surface area contributed by atoms with Crippen molar-refractivity contribution < 1.29 is 27.5 Å². The highest BCUT2D eigenvalue weighted by atomic mass is 19.4. The first-order valence-corrected chi connectivity index (χ1v) is 10.5. The number of aromatic nitrogens is 1. The third-order valence-corrected chi connectivity index (χ3v) is 6.35. The van der Waals surface area contributed by atoms with Crippen LogP contribution in [0, 0.1) is 0 Å². The van der Waals surface area contributed by atoms with Crippen LogP contribution < -0.4 is 4.74 Å². The number of likely N-dealkylation sites (tertiary alicyclic amines) is 1. The molecular weight excluding hydrogens is 421 g/mol. The number of carbonyl (C=O) groups is 2. The van der Waals surface area contributed by atoms with Crippen LogP contribution in [0.5, 0.6) is 5.75 Å². The van der Waals surface area contributed by atoms with Gasteiger partial charge in [-0.25, -0.2) is 0 Å². The van der Waals surface area contributed by atoms with Gasteiger partial charge < -0.3 is 14.6 Å². The maximum absolute atomic E-state index is 13.0. The smallest absolute Gasteiger partial charge is 0.416 e. The molecule has 2 aliphatic rings. The number of nitrogens with zero attached hydrogens (tertiary/aromatic N) is 1. The summed E-state index contributed by atoms with van der Waals surface area (Å²) in [6, 6.07) is 8.98. The number of piperidine rings is 1. The first-order chi connectivity index (χ1) is 15.3. The van der Waals surface area contributed by atoms with Crippen molar-refractivity contribution in [3.05, 3.63) is 64.8 Å². The molecule has 0 atom stereocenters. The topological polar surface area (TPSA) is 62.4 Å². The Morgan fingerprint density at radius 3 is 2.62 bits per heavy atom. The van der Waals surface area contributed by atoms with Gasteiger partial charge >= 0.3 is 6.18 Å². The van der Waals surface area contributed by atoms with Crippen molar-refractivity contribution in [2.24, 2.45) is 0 Å². The number of hydrogen-bond acceptors (Lipinski definition) is 3. The summed E-state index contributed by atoms with van der Waals surface area (Å²) in [5.41, 5.74) is 2.06. The fourth-order valence-electron chi connectivity index (χ4n) is 4.65. The highest BCUT2D eigenvalue weighted by Gasteiger charge is 2.32. The van der Waals surface area contributed by atoms with Crippen LogP contribution in [0.25, 0.3) is 10.9 Å². The van der Waals surface area contributed by atoms with Crippen LogP contribution >= 0.6 is 0 Å². The molecule has 1 saturated heterocycles. The molecule has 3 aromatic rings. The van der Waals surface area contributed by atoms with Crippen LogP contribution in [0.1, 0.15) is 45.8 Å². The second kappa shape index (κ2) is 7.69. The first-order valence-electron chi connectivity index (χ1n) is 10.5. The number of alkyl halides is 3. The summed E-state index contributed by atoms with van der Waals surface area (Å²) in [7, 11) is 0. The number of hydrogen-bond donors (Lipinski definition) is 1. The highest BCUT2D eigenvalue weighted by Crippen LogP contribution is 2.37. The van der Waals surface area contributed by atoms with Crippen LogP contribution in [0.15, 0.2) is 42.6 Å². The van der Waals surface area contributed by atoms with Crippen molar-refractivity contribution >= 4 is 22.6 Å². The number of rotatable bonds is 2. The number of ether oxygens (including phenoxy) is 1. The van der Waals surface area contributed by atoms with Gasteiger partial charge in [0.1, 0.15) is 12.4 Å². The molecule has 1 fully saturated rings. The number of amides is 1. The van der Waals surface area contributed by atoms with Crippen molar-refractivity contribution in [2.75, 3.05) is 19.7 Å². The Balaban J connectivity index is 1.29. The summed E-state index contributed by atoms with van der Waals surface area (Å²) in [5, 5.41) is 0.794. The molecule has 1 aromatic heterocycles. The highest BCUT2D eigenvalue weighted by molar-refractivity contribution is 5.95. The summed E-state index contributed by atoms with van der Waals surface area (Å²) < 4.78 is 44.3. The van der Waals surface area contributed by atoms with E-state index in [-0.39, 0.29) is 30.6 Å². The van der Waals surface area contributed by atoms with Gasteiger partial charge in [0.25, 0.3) is 5.91 Å². The zero-order valence-electron chi connectivity index (χ0n) is 17.2. The van der Waals surface area contributed by atoms with Gasteiger partial charge in [0, 0.05) is 47.7 Å². The molecule has 2 aromatic carbocycles. The number of H-pyrrole nitrogens is 1. The maximum Gasteiger partial charge on any atom is 0.416 e. The van der Waals surface area contributed by atoms with E-state index in [1.807, 2.05) is 0 Å². The van der Waals surface area contributed by atoms with E-state index in [0.29, 0.717) is 29.9 Å². The monoisotopic (exact) mass is 442 g/mol. The van der Waals surface area contributed by atoms with Crippen molar-refractivity contribution in [1.82, 2.24) is 9.88 Å². The van der Waals surface area contributed by atoms with E-state index in [1.54, 1.807) is 29.3 Å². The molecule has 2 aliphatic heterocycles. The average molecular weight is 442 g/mol. The summed E-state index contributed by atoms with van der Waals surface area (Å²) in [5.74, 6) is 0.717. The van der Waals surface area contributed by atoms with Crippen molar-refractivity contribution in [3.8, 4) is 5.75 Å². The van der Waals surface area contributed by atoms with Gasteiger partial charge in [-0.15, -0.1) is 0 Å². The van der Waals surface area contributed by atoms with Crippen molar-refractivity contribution in [2.45, 2.75) is 31.4 Å². The number of halogens is 3. The lowest BCUT2D eigenvalue weighted by Gasteiger charge is -2.32. The van der Waals surface area contributed by atoms with E-state index in [9.17, 15) is 22.8 Å². The molecule has 5 nitrogen and oxygen atoms in total. The van der Waals surface area contributed by atoms with E-state index in [1.165, 1.54) is 6.07 Å². The minimum Gasteiger partial charge on any atom is -0.486 e. The minimum atomic E-state index is -4.37. The molecule has 0 radical (unpaired) electrons. The fourth-order valence-corrected chi connectivity index (χ4v) is 4.65. The Kier molecular flexibility index (Phi) is 4.95. The number of ketones is 1. The van der Waals surface area contributed by atoms with Crippen molar-refractivity contribution in [1.29, 1.82) is 0 Å². The van der Waals surface area contributed by atoms with E-state index in [0.717, 1.165) is 41.5 Å². The third kappa shape index (κ3) is 3.74. The molecule has 0 spiro atoms. The zero-order chi connectivity index (χ0) is 22.5. The lowest BCUT2D eigenvalue weighted by atomic mass is 9.88. The van der Waals surface area contributed by atoms with Gasteiger partial charge in [0.2, 0.25) is 0 Å². The molecular formula is C24H21F3N2O3. The van der Waals surface area contributed by atoms with Crippen LogP contribution in [-0.4, -0.2) is 41.3 Å². The van der Waals surface area contributed by atoms with Crippen LogP contribution in [0.3, 0.4) is 0 Å². The van der Waals surface area contributed by atoms with Crippen LogP contribution in [-0.2, 0) is 17.4 Å². The summed E-state index contributed by atoms with van der Waals surface area (Å²) in [6.45, 7) is 1.19. The van der Waals surface area contributed by atoms with Gasteiger partial charge in [0.05, 0.1) is 5.56 Å². The third-order valence-electron chi connectivity index (χ3n) is 6.35. The average Bonchev–Trinajstić information content (AvgIpc) is 3.21. The SMILES string of the molecule is O=C1COc2ccc(C(=O)N3CCC(c4c[nH]c5cc(C(F)(F)F)ccc45)CC3)cc2C1. The Hall–Kier alpha value is -3.29. The normalized spacial score (nSPS) is 17.3. The van der Waals surface area contributed by atoms with E-state index >= 15 is 0 Å². The standard InChI is InChI=1S/C24H21F3N2O3/c25-24(26,27)17-2-3-19-20(12-28-21(19)11-17)14-5-7-29(8-6-14)23(31)15-1-4-22-16(9-15)10-18(30)13-32-22/h1-4,9,11-12,14,28H,5-8,10,13H2. The molecule has 0 bridgehead atoms. The number of carbonyl (C=O) groups excluding carboxylic acids is 2. The molecule has 166 valence electrons. The maximum atomic E-state index is 13.0. The van der Waals surface area contributed by atoms with E-state index < -0.39 is 11.7 Å². The predicted octanol–water partition coefficient (Wildman–Crippen LogP) is 4.71. The first kappa shape index (κ1) is 20.6. The summed E-state index contributed by atoms with van der Waals surface area (Å²) >= 11 is 0. The lowest BCUT2D eigenvalue weighted by Crippen LogP contribution is -2.38. The summed E-state index contributed by atoms with van der Waals surface area (Å²) in [4.78, 5) is 29.4. The molecule has 1 amide bonds. The molecule has 32 heavy (non-hydrogen) atoms. The Morgan fingerprint density at radius 2 is 1.88 bits per heavy atom. The van der Waals surface area contributed by atoms with Crippen LogP contribution in [0.4, 0.5) is 13.2 Å². The Morgan fingerprint density at radius 1 is 1.09 bits per heavy atom. The van der Waals surface area contributed by atoms with Gasteiger partial charge in [0.15, 0.2) is 5.78 Å². The second-order valence-corrected chi connectivity index (χ2v) is 8.40. The van der Waals surface area contributed by atoms with Crippen LogP contribution in [0.2, 0.25) is 0 Å². The quantitative estimate of drug-likeness (QED) is 0.625. The van der Waals surface area contributed by atoms with E-state index in [4.69, 9.17) is 4.74 Å². The van der Waals surface area contributed by atoms with Gasteiger partial charge in [-0.05, 0) is 54.7 Å². The molecule has 3 heterocycles. The number of Topliss-reactive ketones (excluding diaryl/α,β-unsaturated/α-hetero) is 1. The number of aromatic amines is 1. The lowest BCUT2D eigenvalue weighted by molar-refractivity contribution is -0.137. The number of benzene rings is 2. The minimum absolute atomic E-state index is 0.0102. The molecule has 8 heteroatoms. The van der Waals surface area contributed by atoms with Gasteiger partial charge in [-0.1, -0.05) is 6.07 Å². The van der Waals surface area contributed by atoms with Crippen molar-refractivity contribution in [3.63, 3.8) is 0 Å². The Bertz CT molecular complexity index is 1210. The Labute approximate surface area is 182 Å².